The monoisotopic (exact) mass is 628 g/mol. The molecule has 1 aliphatic heterocycles. The van der Waals surface area contributed by atoms with Gasteiger partial charge in [0, 0.05) is 38.1 Å². The second-order valence-electron chi connectivity index (χ2n) is 9.79. The number of para-hydroxylation sites is 1. The van der Waals surface area contributed by atoms with Crippen LogP contribution >= 0.6 is 22.6 Å². The van der Waals surface area contributed by atoms with Crippen LogP contribution in [0, 0.1) is 3.57 Å². The average molecular weight is 629 g/mol. The topological polar surface area (TPSA) is 108 Å². The van der Waals surface area contributed by atoms with Gasteiger partial charge < -0.3 is 29.9 Å². The number of nitrogens with zero attached hydrogens (tertiary/aromatic N) is 1. The zero-order valence-electron chi connectivity index (χ0n) is 21.7. The molecule has 0 spiro atoms. The van der Waals surface area contributed by atoms with Crippen LogP contribution in [0.2, 0.25) is 0 Å². The highest BCUT2D eigenvalue weighted by molar-refractivity contribution is 14.1. The fraction of sp³-hybridized carbons (Fsp3) is 0.643. The van der Waals surface area contributed by atoms with Crippen LogP contribution in [-0.2, 0) is 14.3 Å². The lowest BCUT2D eigenvalue weighted by atomic mass is 9.87. The molecule has 206 valence electrons. The van der Waals surface area contributed by atoms with Crippen LogP contribution in [0.25, 0.3) is 0 Å². The van der Waals surface area contributed by atoms with Crippen molar-refractivity contribution in [3.8, 4) is 5.75 Å². The first kappa shape index (κ1) is 29.9. The van der Waals surface area contributed by atoms with E-state index in [1.807, 2.05) is 24.3 Å². The molecule has 1 heterocycles. The smallest absolute Gasteiger partial charge is 0.247 e. The Kier molecular flexibility index (Phi) is 12.6. The number of aliphatic hydroxyl groups is 2. The molecule has 2 aliphatic rings. The zero-order valence-corrected chi connectivity index (χ0v) is 23.9. The van der Waals surface area contributed by atoms with Gasteiger partial charge in [0.25, 0.3) is 0 Å². The molecule has 3 N–H and O–H groups in total. The van der Waals surface area contributed by atoms with E-state index in [4.69, 9.17) is 9.47 Å². The molecule has 0 aromatic heterocycles. The number of carbonyl (C=O) groups excluding carboxylic acids is 2. The van der Waals surface area contributed by atoms with E-state index in [9.17, 15) is 19.8 Å². The molecule has 0 unspecified atom stereocenters. The molecule has 1 aromatic carbocycles. The van der Waals surface area contributed by atoms with Gasteiger partial charge in [-0.3, -0.25) is 9.59 Å². The Bertz CT molecular complexity index is 904. The lowest BCUT2D eigenvalue weighted by Gasteiger charge is -2.41. The molecule has 1 aromatic rings. The van der Waals surface area contributed by atoms with Crippen molar-refractivity contribution < 1.29 is 29.3 Å². The van der Waals surface area contributed by atoms with Gasteiger partial charge in [-0.1, -0.05) is 44.7 Å². The Morgan fingerprint density at radius 3 is 2.70 bits per heavy atom. The van der Waals surface area contributed by atoms with E-state index in [-0.39, 0.29) is 37.5 Å². The molecule has 0 saturated carbocycles. The molecule has 4 atom stereocenters. The van der Waals surface area contributed by atoms with E-state index in [2.05, 4.69) is 34.8 Å². The highest BCUT2D eigenvalue weighted by atomic mass is 127. The van der Waals surface area contributed by atoms with Crippen LogP contribution in [-0.4, -0.2) is 77.6 Å². The summed E-state index contributed by atoms with van der Waals surface area (Å²) in [6.07, 6.45) is 7.35. The van der Waals surface area contributed by atoms with Crippen LogP contribution in [0.5, 0.6) is 5.75 Å². The quantitative estimate of drug-likeness (QED) is 0.215. The van der Waals surface area contributed by atoms with E-state index in [1.54, 1.807) is 11.0 Å². The minimum Gasteiger partial charge on any atom is -0.482 e. The van der Waals surface area contributed by atoms with Crippen molar-refractivity contribution in [2.75, 3.05) is 26.3 Å². The van der Waals surface area contributed by atoms with Gasteiger partial charge in [-0.2, -0.15) is 0 Å². The molecule has 0 radical (unpaired) electrons. The van der Waals surface area contributed by atoms with Crippen molar-refractivity contribution >= 4 is 34.4 Å². The predicted octanol–water partition coefficient (Wildman–Crippen LogP) is 3.57. The number of unbranched alkanes of at least 4 members (excludes halogenated alkanes) is 4. The standard InChI is InChI=1S/C28H41IN2O6/c1-2-3-4-5-6-13-26(33)31(19-21-10-9-16-36-21)23-17-20(28(35)30-14-15-32)18-25(27(23)34)37-24-12-8-7-11-22(24)29/h7-8,11-12,18,21,23,25,27,32,34H,2-6,9-10,13-17,19H2,1H3,(H,30,35)/t21-,23+,25-,27-/m0/s1. The van der Waals surface area contributed by atoms with Gasteiger partial charge >= 0.3 is 0 Å². The van der Waals surface area contributed by atoms with Gasteiger partial charge in [0.05, 0.1) is 22.3 Å². The van der Waals surface area contributed by atoms with Gasteiger partial charge in [0.2, 0.25) is 11.8 Å². The molecule has 37 heavy (non-hydrogen) atoms. The minimum absolute atomic E-state index is 0.0268. The summed E-state index contributed by atoms with van der Waals surface area (Å²) in [6.45, 7) is 3.17. The maximum atomic E-state index is 13.5. The summed E-state index contributed by atoms with van der Waals surface area (Å²) in [6, 6.07) is 6.87. The number of amides is 2. The molecular weight excluding hydrogens is 587 g/mol. The third kappa shape index (κ3) is 8.94. The number of hydrogen-bond acceptors (Lipinski definition) is 6. The van der Waals surface area contributed by atoms with Gasteiger partial charge in [0.1, 0.15) is 18.0 Å². The lowest BCUT2D eigenvalue weighted by Crippen LogP contribution is -2.56. The Hall–Kier alpha value is -1.69. The van der Waals surface area contributed by atoms with Crippen LogP contribution in [0.15, 0.2) is 35.9 Å². The third-order valence-corrected chi connectivity index (χ3v) is 7.84. The highest BCUT2D eigenvalue weighted by Gasteiger charge is 2.41. The number of halogens is 1. The average Bonchev–Trinajstić information content (AvgIpc) is 3.41. The van der Waals surface area contributed by atoms with Crippen molar-refractivity contribution in [2.45, 2.75) is 89.1 Å². The number of hydrogen-bond donors (Lipinski definition) is 3. The first-order chi connectivity index (χ1) is 17.9. The van der Waals surface area contributed by atoms with Gasteiger partial charge in [-0.05, 0) is 60.1 Å². The maximum Gasteiger partial charge on any atom is 0.247 e. The van der Waals surface area contributed by atoms with E-state index in [0.717, 1.165) is 48.5 Å². The molecule has 3 rings (SSSR count). The number of ether oxygens (including phenoxy) is 2. The fourth-order valence-corrected chi connectivity index (χ4v) is 5.43. The maximum absolute atomic E-state index is 13.5. The van der Waals surface area contributed by atoms with Crippen molar-refractivity contribution in [1.82, 2.24) is 10.2 Å². The molecular formula is C28H41IN2O6. The van der Waals surface area contributed by atoms with E-state index in [0.29, 0.717) is 30.9 Å². The molecule has 8 nitrogen and oxygen atoms in total. The number of rotatable bonds is 14. The molecule has 2 amide bonds. The Morgan fingerprint density at radius 1 is 1.22 bits per heavy atom. The number of benzene rings is 1. The van der Waals surface area contributed by atoms with Crippen molar-refractivity contribution in [2.24, 2.45) is 0 Å². The summed E-state index contributed by atoms with van der Waals surface area (Å²) in [5.41, 5.74) is 0.438. The number of nitrogens with one attached hydrogen (secondary N) is 1. The van der Waals surface area contributed by atoms with Crippen LogP contribution in [0.3, 0.4) is 0 Å². The van der Waals surface area contributed by atoms with Gasteiger partial charge in [-0.25, -0.2) is 0 Å². The second-order valence-corrected chi connectivity index (χ2v) is 11.0. The summed E-state index contributed by atoms with van der Waals surface area (Å²) >= 11 is 2.17. The van der Waals surface area contributed by atoms with Gasteiger partial charge in [0.15, 0.2) is 0 Å². The first-order valence-corrected chi connectivity index (χ1v) is 14.6. The van der Waals surface area contributed by atoms with Crippen LogP contribution in [0.4, 0.5) is 0 Å². The Balaban J connectivity index is 1.84. The minimum atomic E-state index is -1.02. The van der Waals surface area contributed by atoms with Crippen LogP contribution < -0.4 is 10.1 Å². The predicted molar refractivity (Wildman–Crippen MR) is 150 cm³/mol. The molecule has 1 saturated heterocycles. The fourth-order valence-electron chi connectivity index (χ4n) is 4.92. The summed E-state index contributed by atoms with van der Waals surface area (Å²) in [5.74, 6) is 0.250. The molecule has 1 aliphatic carbocycles. The Labute approximate surface area is 233 Å². The van der Waals surface area contributed by atoms with E-state index in [1.165, 1.54) is 0 Å². The zero-order chi connectivity index (χ0) is 26.6. The molecule has 9 heteroatoms. The summed E-state index contributed by atoms with van der Waals surface area (Å²) < 4.78 is 12.9. The molecule has 0 bridgehead atoms. The summed E-state index contributed by atoms with van der Waals surface area (Å²) in [7, 11) is 0. The first-order valence-electron chi connectivity index (χ1n) is 13.5. The number of carbonyl (C=O) groups is 2. The lowest BCUT2D eigenvalue weighted by molar-refractivity contribution is -0.141. The van der Waals surface area contributed by atoms with Crippen molar-refractivity contribution in [3.05, 3.63) is 39.5 Å². The summed E-state index contributed by atoms with van der Waals surface area (Å²) in [4.78, 5) is 28.2. The normalized spacial score (nSPS) is 23.4. The third-order valence-electron chi connectivity index (χ3n) is 6.95. The highest BCUT2D eigenvalue weighted by Crippen LogP contribution is 2.31. The van der Waals surface area contributed by atoms with Gasteiger partial charge in [-0.15, -0.1) is 0 Å². The SMILES string of the molecule is CCCCCCCC(=O)N(C[C@@H]1CCCO1)[C@@H]1CC(C(=O)NCCO)=C[C@H](Oc2ccccc2I)[C@H]1O. The van der Waals surface area contributed by atoms with Crippen molar-refractivity contribution in [1.29, 1.82) is 0 Å². The van der Waals surface area contributed by atoms with E-state index < -0.39 is 18.2 Å². The van der Waals surface area contributed by atoms with Crippen LogP contribution in [0.1, 0.15) is 64.7 Å². The second kappa shape index (κ2) is 15.7. The van der Waals surface area contributed by atoms with Crippen molar-refractivity contribution in [3.63, 3.8) is 0 Å². The van der Waals surface area contributed by atoms with E-state index >= 15 is 0 Å². The summed E-state index contributed by atoms with van der Waals surface area (Å²) in [5, 5.41) is 23.4. The molecule has 1 fully saturated rings. The Morgan fingerprint density at radius 2 is 2.00 bits per heavy atom. The number of aliphatic hydroxyl groups excluding tert-OH is 2. The largest absolute Gasteiger partial charge is 0.482 e.